The Bertz CT molecular complexity index is 1160. The summed E-state index contributed by atoms with van der Waals surface area (Å²) >= 11 is 0. The molecule has 1 aliphatic carbocycles. The molecular formula is C28H33F3N4O3. The Balaban J connectivity index is 1.27. The van der Waals surface area contributed by atoms with Gasteiger partial charge >= 0.3 is 6.18 Å². The number of benzene rings is 1. The van der Waals surface area contributed by atoms with Gasteiger partial charge in [-0.2, -0.15) is 18.4 Å². The van der Waals surface area contributed by atoms with E-state index in [1.165, 1.54) is 25.5 Å². The lowest BCUT2D eigenvalue weighted by atomic mass is 9.88. The van der Waals surface area contributed by atoms with Gasteiger partial charge in [-0.1, -0.05) is 19.3 Å². The van der Waals surface area contributed by atoms with Gasteiger partial charge in [-0.25, -0.2) is 4.90 Å². The summed E-state index contributed by atoms with van der Waals surface area (Å²) in [6.45, 7) is 5.41. The molecule has 1 saturated carbocycles. The van der Waals surface area contributed by atoms with Crippen LogP contribution in [0.4, 0.5) is 18.9 Å². The summed E-state index contributed by atoms with van der Waals surface area (Å²) in [4.78, 5) is 43.6. The Hall–Kier alpha value is -3.19. The number of halogens is 3. The fraction of sp³-hybridized carbons (Fsp3) is 0.571. The number of amides is 3. The Morgan fingerprint density at radius 2 is 1.71 bits per heavy atom. The molecule has 2 heterocycles. The van der Waals surface area contributed by atoms with E-state index in [-0.39, 0.29) is 17.2 Å². The second-order valence-electron chi connectivity index (χ2n) is 10.3. The van der Waals surface area contributed by atoms with Crippen molar-refractivity contribution in [2.45, 2.75) is 64.5 Å². The first kappa shape index (κ1) is 27.8. The van der Waals surface area contributed by atoms with Crippen LogP contribution in [0, 0.1) is 17.2 Å². The van der Waals surface area contributed by atoms with Crippen LogP contribution < -0.4 is 4.90 Å². The number of carbonyl (C=O) groups excluding carboxylic acids is 3. The lowest BCUT2D eigenvalue weighted by Crippen LogP contribution is -2.50. The van der Waals surface area contributed by atoms with Gasteiger partial charge in [-0.15, -0.1) is 0 Å². The average Bonchev–Trinajstić information content (AvgIpc) is 3.13. The highest BCUT2D eigenvalue weighted by Crippen LogP contribution is 2.37. The van der Waals surface area contributed by atoms with E-state index in [0.29, 0.717) is 30.4 Å². The van der Waals surface area contributed by atoms with Crippen molar-refractivity contribution in [3.05, 3.63) is 40.5 Å². The molecule has 2 fully saturated rings. The number of imide groups is 1. The van der Waals surface area contributed by atoms with Gasteiger partial charge in [0.2, 0.25) is 5.91 Å². The molecule has 1 saturated heterocycles. The second-order valence-corrected chi connectivity index (χ2v) is 10.3. The van der Waals surface area contributed by atoms with Gasteiger partial charge in [-0.3, -0.25) is 19.3 Å². The fourth-order valence-electron chi connectivity index (χ4n) is 5.65. The monoisotopic (exact) mass is 530 g/mol. The molecule has 3 aliphatic rings. The topological polar surface area (TPSA) is 84.7 Å². The van der Waals surface area contributed by atoms with E-state index < -0.39 is 29.1 Å². The summed E-state index contributed by atoms with van der Waals surface area (Å²) in [5.41, 5.74) is -1.38. The molecule has 0 N–H and O–H groups in total. The molecule has 0 aromatic heterocycles. The molecule has 10 heteroatoms. The van der Waals surface area contributed by atoms with Crippen LogP contribution in [0.5, 0.6) is 0 Å². The first-order valence-electron chi connectivity index (χ1n) is 13.3. The second kappa shape index (κ2) is 11.7. The predicted octanol–water partition coefficient (Wildman–Crippen LogP) is 4.66. The van der Waals surface area contributed by atoms with Crippen LogP contribution in [-0.4, -0.2) is 60.2 Å². The summed E-state index contributed by atoms with van der Waals surface area (Å²) in [5.74, 6) is -0.769. The molecule has 0 unspecified atom stereocenters. The molecule has 1 aromatic rings. The van der Waals surface area contributed by atoms with Crippen molar-refractivity contribution in [3.8, 4) is 6.07 Å². The van der Waals surface area contributed by atoms with Gasteiger partial charge in [0.1, 0.15) is 0 Å². The van der Waals surface area contributed by atoms with Crippen LogP contribution in [0.2, 0.25) is 0 Å². The normalized spacial score (nSPS) is 19.9. The molecule has 0 atom stereocenters. The molecule has 0 bridgehead atoms. The molecular weight excluding hydrogens is 497 g/mol. The number of alkyl halides is 3. The van der Waals surface area contributed by atoms with Crippen LogP contribution in [0.15, 0.2) is 29.3 Å². The van der Waals surface area contributed by atoms with Crippen LogP contribution in [0.25, 0.3) is 0 Å². The predicted molar refractivity (Wildman–Crippen MR) is 135 cm³/mol. The van der Waals surface area contributed by atoms with Gasteiger partial charge in [-0.05, 0) is 63.8 Å². The Kier molecular flexibility index (Phi) is 8.56. The SMILES string of the molecule is CC1=C(CCCCN2CCN(C(=O)C3CCCCC3)CC2)C(=O)N(c2ccc(C#N)c(C(F)(F)F)c2)C1=O. The Morgan fingerprint density at radius 3 is 2.34 bits per heavy atom. The number of hydrogen-bond acceptors (Lipinski definition) is 5. The maximum Gasteiger partial charge on any atom is 0.417 e. The number of unbranched alkanes of at least 4 members (excludes halogenated alkanes) is 1. The number of carbonyl (C=O) groups is 3. The zero-order chi connectivity index (χ0) is 27.4. The van der Waals surface area contributed by atoms with E-state index in [1.54, 1.807) is 0 Å². The van der Waals surface area contributed by atoms with Gasteiger partial charge in [0.05, 0.1) is 22.9 Å². The smallest absolute Gasteiger partial charge is 0.340 e. The minimum Gasteiger partial charge on any atom is -0.340 e. The van der Waals surface area contributed by atoms with Crippen LogP contribution in [-0.2, 0) is 20.6 Å². The number of nitrogens with zero attached hydrogens (tertiary/aromatic N) is 4. The van der Waals surface area contributed by atoms with Gasteiger partial charge in [0.25, 0.3) is 11.8 Å². The van der Waals surface area contributed by atoms with Crippen molar-refractivity contribution in [3.63, 3.8) is 0 Å². The van der Waals surface area contributed by atoms with Crippen molar-refractivity contribution in [1.82, 2.24) is 9.80 Å². The number of piperazine rings is 1. The van der Waals surface area contributed by atoms with Gasteiger partial charge in [0, 0.05) is 43.2 Å². The summed E-state index contributed by atoms with van der Waals surface area (Å²) in [6.07, 6.45) is 2.53. The average molecular weight is 531 g/mol. The molecule has 204 valence electrons. The summed E-state index contributed by atoms with van der Waals surface area (Å²) in [6, 6.07) is 4.36. The number of rotatable bonds is 7. The zero-order valence-corrected chi connectivity index (χ0v) is 21.6. The van der Waals surface area contributed by atoms with Crippen molar-refractivity contribution in [1.29, 1.82) is 5.26 Å². The van der Waals surface area contributed by atoms with Crippen molar-refractivity contribution >= 4 is 23.4 Å². The zero-order valence-electron chi connectivity index (χ0n) is 21.6. The van der Waals surface area contributed by atoms with Crippen LogP contribution in [0.3, 0.4) is 0 Å². The first-order chi connectivity index (χ1) is 18.1. The molecule has 7 nitrogen and oxygen atoms in total. The van der Waals surface area contributed by atoms with Gasteiger partial charge in [0.15, 0.2) is 0 Å². The third-order valence-electron chi connectivity index (χ3n) is 7.91. The Morgan fingerprint density at radius 1 is 1.03 bits per heavy atom. The molecule has 38 heavy (non-hydrogen) atoms. The molecule has 3 amide bonds. The highest BCUT2D eigenvalue weighted by Gasteiger charge is 2.39. The van der Waals surface area contributed by atoms with Crippen LogP contribution in [0.1, 0.15) is 69.4 Å². The Labute approximate surface area is 220 Å². The largest absolute Gasteiger partial charge is 0.417 e. The minimum atomic E-state index is -4.78. The molecule has 2 aliphatic heterocycles. The minimum absolute atomic E-state index is 0.183. The lowest BCUT2D eigenvalue weighted by Gasteiger charge is -2.37. The third kappa shape index (κ3) is 5.93. The van der Waals surface area contributed by atoms with E-state index in [9.17, 15) is 27.6 Å². The summed E-state index contributed by atoms with van der Waals surface area (Å²) < 4.78 is 40.1. The van der Waals surface area contributed by atoms with E-state index in [0.717, 1.165) is 75.8 Å². The molecule has 0 radical (unpaired) electrons. The van der Waals surface area contributed by atoms with E-state index >= 15 is 0 Å². The van der Waals surface area contributed by atoms with Crippen molar-refractivity contribution in [2.75, 3.05) is 37.6 Å². The van der Waals surface area contributed by atoms with Crippen molar-refractivity contribution in [2.24, 2.45) is 5.92 Å². The molecule has 1 aromatic carbocycles. The van der Waals surface area contributed by atoms with Crippen molar-refractivity contribution < 1.29 is 27.6 Å². The highest BCUT2D eigenvalue weighted by atomic mass is 19.4. The van der Waals surface area contributed by atoms with Crippen LogP contribution >= 0.6 is 0 Å². The highest BCUT2D eigenvalue weighted by molar-refractivity contribution is 6.32. The summed E-state index contributed by atoms with van der Waals surface area (Å²) in [7, 11) is 0. The maximum absolute atomic E-state index is 13.4. The van der Waals surface area contributed by atoms with Gasteiger partial charge < -0.3 is 4.90 Å². The number of nitriles is 1. The maximum atomic E-state index is 13.4. The lowest BCUT2D eigenvalue weighted by molar-refractivity contribution is -0.138. The fourth-order valence-corrected chi connectivity index (χ4v) is 5.65. The summed E-state index contributed by atoms with van der Waals surface area (Å²) in [5, 5.41) is 9.01. The number of hydrogen-bond donors (Lipinski definition) is 0. The standard InChI is InChI=1S/C28H33F3N4O3/c1-19-23(27(38)35(25(19)36)22-11-10-21(18-32)24(17-22)28(29,30)31)9-5-6-12-33-13-15-34(16-14-33)26(37)20-7-3-2-4-8-20/h10-11,17,20H,2-9,12-16H2,1H3. The molecule has 0 spiro atoms. The van der Waals surface area contributed by atoms with E-state index in [1.807, 2.05) is 4.90 Å². The van der Waals surface area contributed by atoms with E-state index in [4.69, 9.17) is 5.26 Å². The first-order valence-corrected chi connectivity index (χ1v) is 13.3. The quantitative estimate of drug-likeness (QED) is 0.378. The third-order valence-corrected chi connectivity index (χ3v) is 7.91. The van der Waals surface area contributed by atoms with E-state index in [2.05, 4.69) is 4.90 Å². The number of anilines is 1. The molecule has 4 rings (SSSR count).